The summed E-state index contributed by atoms with van der Waals surface area (Å²) in [5.74, 6) is 1.18. The molecule has 3 rings (SSSR count). The summed E-state index contributed by atoms with van der Waals surface area (Å²) >= 11 is 0. The Labute approximate surface area is 115 Å². The summed E-state index contributed by atoms with van der Waals surface area (Å²) < 4.78 is 5.91. The van der Waals surface area contributed by atoms with Crippen LogP contribution in [-0.4, -0.2) is 22.6 Å². The fourth-order valence-electron chi connectivity index (χ4n) is 2.52. The predicted molar refractivity (Wildman–Crippen MR) is 74.6 cm³/mol. The van der Waals surface area contributed by atoms with Crippen molar-refractivity contribution in [3.05, 3.63) is 40.6 Å². The van der Waals surface area contributed by atoms with Gasteiger partial charge in [0.15, 0.2) is 5.52 Å². The molecule has 0 aliphatic heterocycles. The lowest BCUT2D eigenvalue weighted by atomic mass is 9.82. The van der Waals surface area contributed by atoms with Crippen molar-refractivity contribution >= 4 is 16.6 Å². The number of nitrogens with zero attached hydrogens (tertiary/aromatic N) is 2. The SMILES string of the molecule is NCC1CC(Oc2ccc([N+](=O)[O-])c3ncccc23)C1. The van der Waals surface area contributed by atoms with Crippen molar-refractivity contribution in [1.29, 1.82) is 0 Å². The third-order valence-corrected chi connectivity index (χ3v) is 3.72. The Morgan fingerprint density at radius 3 is 2.90 bits per heavy atom. The number of hydrogen-bond donors (Lipinski definition) is 1. The molecule has 0 unspecified atom stereocenters. The Kier molecular flexibility index (Phi) is 3.23. The van der Waals surface area contributed by atoms with Crippen LogP contribution in [0.1, 0.15) is 12.8 Å². The maximum Gasteiger partial charge on any atom is 0.295 e. The first-order valence-electron chi connectivity index (χ1n) is 6.58. The van der Waals surface area contributed by atoms with Crippen LogP contribution in [0.4, 0.5) is 5.69 Å². The number of benzene rings is 1. The van der Waals surface area contributed by atoms with E-state index >= 15 is 0 Å². The second-order valence-electron chi connectivity index (χ2n) is 5.05. The van der Waals surface area contributed by atoms with Crippen molar-refractivity contribution in [2.45, 2.75) is 18.9 Å². The molecule has 0 bridgehead atoms. The van der Waals surface area contributed by atoms with Crippen LogP contribution in [-0.2, 0) is 0 Å². The first-order valence-corrected chi connectivity index (χ1v) is 6.58. The monoisotopic (exact) mass is 273 g/mol. The van der Waals surface area contributed by atoms with Crippen molar-refractivity contribution in [3.63, 3.8) is 0 Å². The molecule has 0 atom stereocenters. The smallest absolute Gasteiger partial charge is 0.295 e. The zero-order chi connectivity index (χ0) is 14.1. The summed E-state index contributed by atoms with van der Waals surface area (Å²) in [5.41, 5.74) is 5.96. The van der Waals surface area contributed by atoms with Gasteiger partial charge in [0.1, 0.15) is 5.75 Å². The number of nitro benzene ring substituents is 1. The molecular formula is C14H15N3O3. The van der Waals surface area contributed by atoms with Gasteiger partial charge in [-0.15, -0.1) is 0 Å². The molecule has 1 heterocycles. The van der Waals surface area contributed by atoms with Gasteiger partial charge in [0.2, 0.25) is 0 Å². The van der Waals surface area contributed by atoms with Crippen LogP contribution in [0.2, 0.25) is 0 Å². The van der Waals surface area contributed by atoms with E-state index in [9.17, 15) is 10.1 Å². The fourth-order valence-corrected chi connectivity index (χ4v) is 2.52. The minimum atomic E-state index is -0.424. The number of hydrogen-bond acceptors (Lipinski definition) is 5. The minimum absolute atomic E-state index is 0.00129. The average molecular weight is 273 g/mol. The Bertz CT molecular complexity index is 653. The minimum Gasteiger partial charge on any atom is -0.490 e. The number of aromatic nitrogens is 1. The van der Waals surface area contributed by atoms with E-state index in [1.54, 1.807) is 24.4 Å². The van der Waals surface area contributed by atoms with E-state index in [2.05, 4.69) is 4.98 Å². The number of rotatable bonds is 4. The lowest BCUT2D eigenvalue weighted by Gasteiger charge is -2.34. The fraction of sp³-hybridized carbons (Fsp3) is 0.357. The third-order valence-electron chi connectivity index (χ3n) is 3.72. The molecule has 20 heavy (non-hydrogen) atoms. The van der Waals surface area contributed by atoms with Gasteiger partial charge >= 0.3 is 0 Å². The number of ether oxygens (including phenoxy) is 1. The van der Waals surface area contributed by atoms with E-state index in [1.165, 1.54) is 6.07 Å². The molecule has 6 nitrogen and oxygen atoms in total. The summed E-state index contributed by atoms with van der Waals surface area (Å²) in [6, 6.07) is 6.65. The Balaban J connectivity index is 1.92. The van der Waals surface area contributed by atoms with Crippen LogP contribution in [0.5, 0.6) is 5.75 Å². The summed E-state index contributed by atoms with van der Waals surface area (Å²) in [7, 11) is 0. The van der Waals surface area contributed by atoms with E-state index in [4.69, 9.17) is 10.5 Å². The van der Waals surface area contributed by atoms with Gasteiger partial charge in [0.25, 0.3) is 5.69 Å². The maximum atomic E-state index is 11.0. The van der Waals surface area contributed by atoms with Crippen molar-refractivity contribution < 1.29 is 9.66 Å². The number of nitrogens with two attached hydrogens (primary N) is 1. The molecule has 1 aliphatic rings. The summed E-state index contributed by atoms with van der Waals surface area (Å²) in [4.78, 5) is 14.7. The molecule has 104 valence electrons. The highest BCUT2D eigenvalue weighted by atomic mass is 16.6. The molecule has 6 heteroatoms. The summed E-state index contributed by atoms with van der Waals surface area (Å²) in [5, 5.41) is 11.7. The number of fused-ring (bicyclic) bond motifs is 1. The van der Waals surface area contributed by atoms with Crippen molar-refractivity contribution in [1.82, 2.24) is 4.98 Å². The van der Waals surface area contributed by atoms with E-state index in [-0.39, 0.29) is 11.8 Å². The van der Waals surface area contributed by atoms with Crippen LogP contribution in [0.25, 0.3) is 10.9 Å². The molecule has 0 amide bonds. The van der Waals surface area contributed by atoms with Crippen LogP contribution in [0, 0.1) is 16.0 Å². The molecule has 0 radical (unpaired) electrons. The maximum absolute atomic E-state index is 11.0. The number of pyridine rings is 1. The highest BCUT2D eigenvalue weighted by Crippen LogP contribution is 2.36. The first-order chi connectivity index (χ1) is 9.69. The molecule has 0 spiro atoms. The van der Waals surface area contributed by atoms with Gasteiger partial charge in [-0.1, -0.05) is 0 Å². The van der Waals surface area contributed by atoms with Gasteiger partial charge in [-0.25, -0.2) is 4.98 Å². The van der Waals surface area contributed by atoms with Crippen LogP contribution in [0.15, 0.2) is 30.5 Å². The van der Waals surface area contributed by atoms with E-state index in [0.29, 0.717) is 29.1 Å². The highest BCUT2D eigenvalue weighted by molar-refractivity contribution is 5.92. The molecule has 1 aromatic heterocycles. The van der Waals surface area contributed by atoms with Crippen molar-refractivity contribution in [3.8, 4) is 5.75 Å². The van der Waals surface area contributed by atoms with Crippen LogP contribution < -0.4 is 10.5 Å². The molecular weight excluding hydrogens is 258 g/mol. The summed E-state index contributed by atoms with van der Waals surface area (Å²) in [6.45, 7) is 0.683. The molecule has 0 saturated heterocycles. The van der Waals surface area contributed by atoms with E-state index in [0.717, 1.165) is 12.8 Å². The molecule has 1 fully saturated rings. The van der Waals surface area contributed by atoms with Gasteiger partial charge in [-0.2, -0.15) is 0 Å². The lowest BCUT2D eigenvalue weighted by molar-refractivity contribution is -0.383. The number of non-ortho nitro benzene ring substituents is 1. The summed E-state index contributed by atoms with van der Waals surface area (Å²) in [6.07, 6.45) is 3.57. The quantitative estimate of drug-likeness (QED) is 0.681. The van der Waals surface area contributed by atoms with Gasteiger partial charge < -0.3 is 10.5 Å². The third kappa shape index (κ3) is 2.18. The van der Waals surface area contributed by atoms with Crippen molar-refractivity contribution in [2.24, 2.45) is 11.7 Å². The molecule has 1 saturated carbocycles. The number of nitro groups is 1. The second kappa shape index (κ2) is 5.05. The molecule has 2 N–H and O–H groups in total. The van der Waals surface area contributed by atoms with Crippen LogP contribution in [0.3, 0.4) is 0 Å². The van der Waals surface area contributed by atoms with E-state index in [1.807, 2.05) is 0 Å². The topological polar surface area (TPSA) is 91.3 Å². The Morgan fingerprint density at radius 2 is 2.20 bits per heavy atom. The molecule has 1 aromatic carbocycles. The highest BCUT2D eigenvalue weighted by Gasteiger charge is 2.30. The first kappa shape index (κ1) is 12.8. The van der Waals surface area contributed by atoms with Gasteiger partial charge in [-0.05, 0) is 43.5 Å². The molecule has 2 aromatic rings. The standard InChI is InChI=1S/C14H15N3O3/c15-8-9-6-10(7-9)20-13-4-3-12(17(18)19)14-11(13)2-1-5-16-14/h1-5,9-10H,6-8,15H2. The van der Waals surface area contributed by atoms with Gasteiger partial charge in [-0.3, -0.25) is 10.1 Å². The lowest BCUT2D eigenvalue weighted by Crippen LogP contribution is -2.37. The average Bonchev–Trinajstić information content (AvgIpc) is 2.41. The zero-order valence-corrected chi connectivity index (χ0v) is 10.9. The Morgan fingerprint density at radius 1 is 1.40 bits per heavy atom. The van der Waals surface area contributed by atoms with E-state index < -0.39 is 4.92 Å². The van der Waals surface area contributed by atoms with Crippen molar-refractivity contribution in [2.75, 3.05) is 6.54 Å². The van der Waals surface area contributed by atoms with Crippen LogP contribution >= 0.6 is 0 Å². The largest absolute Gasteiger partial charge is 0.490 e. The zero-order valence-electron chi connectivity index (χ0n) is 10.9. The van der Waals surface area contributed by atoms with Gasteiger partial charge in [0.05, 0.1) is 11.0 Å². The normalized spacial score (nSPS) is 21.4. The molecule has 1 aliphatic carbocycles. The second-order valence-corrected chi connectivity index (χ2v) is 5.05. The Hall–Kier alpha value is -2.21. The predicted octanol–water partition coefficient (Wildman–Crippen LogP) is 2.26. The van der Waals surface area contributed by atoms with Gasteiger partial charge in [0, 0.05) is 17.6 Å².